The molecule has 17 heavy (non-hydrogen) atoms. The molecule has 3 N–H and O–H groups in total. The van der Waals surface area contributed by atoms with Crippen molar-refractivity contribution >= 4 is 15.8 Å². The highest BCUT2D eigenvalue weighted by molar-refractivity contribution is 7.85. The second-order valence-electron chi connectivity index (χ2n) is 4.05. The van der Waals surface area contributed by atoms with Crippen LogP contribution in [0.4, 0.5) is 5.69 Å². The minimum atomic E-state index is -4.14. The van der Waals surface area contributed by atoms with Gasteiger partial charge in [-0.3, -0.25) is 4.55 Å². The summed E-state index contributed by atoms with van der Waals surface area (Å²) in [6.45, 7) is 3.92. The topological polar surface area (TPSA) is 86.6 Å². The van der Waals surface area contributed by atoms with E-state index in [1.54, 1.807) is 0 Å². The molecule has 0 spiro atoms. The molecule has 0 bridgehead atoms. The van der Waals surface area contributed by atoms with Gasteiger partial charge in [0.25, 0.3) is 10.1 Å². The van der Waals surface area contributed by atoms with E-state index in [2.05, 4.69) is 5.32 Å². The van der Waals surface area contributed by atoms with Gasteiger partial charge in [0.15, 0.2) is 0 Å². The molecule has 1 atom stereocenters. The summed E-state index contributed by atoms with van der Waals surface area (Å²) in [6.07, 6.45) is -1.14. The van der Waals surface area contributed by atoms with Crippen LogP contribution in [0, 0.1) is 13.8 Å². The van der Waals surface area contributed by atoms with Gasteiger partial charge in [0.05, 0.1) is 6.10 Å². The Morgan fingerprint density at radius 3 is 2.29 bits per heavy atom. The van der Waals surface area contributed by atoms with Crippen LogP contribution in [0.1, 0.15) is 11.1 Å². The van der Waals surface area contributed by atoms with Crippen molar-refractivity contribution in [2.45, 2.75) is 20.0 Å². The summed E-state index contributed by atoms with van der Waals surface area (Å²) < 4.78 is 29.7. The van der Waals surface area contributed by atoms with E-state index >= 15 is 0 Å². The van der Waals surface area contributed by atoms with Crippen molar-refractivity contribution in [3.8, 4) is 0 Å². The zero-order valence-corrected chi connectivity index (χ0v) is 10.7. The number of aryl methyl sites for hydroxylation is 2. The van der Waals surface area contributed by atoms with Crippen LogP contribution in [0.3, 0.4) is 0 Å². The van der Waals surface area contributed by atoms with E-state index in [1.807, 2.05) is 32.0 Å². The molecule has 6 heteroatoms. The van der Waals surface area contributed by atoms with Crippen molar-refractivity contribution in [1.29, 1.82) is 0 Å². The minimum Gasteiger partial charge on any atom is -0.390 e. The summed E-state index contributed by atoms with van der Waals surface area (Å²) in [7, 11) is -4.14. The maximum Gasteiger partial charge on any atom is 0.267 e. The number of benzene rings is 1. The first-order chi connectivity index (χ1) is 7.79. The molecule has 0 fully saturated rings. The normalized spacial score (nSPS) is 13.4. The van der Waals surface area contributed by atoms with Crippen LogP contribution >= 0.6 is 0 Å². The van der Waals surface area contributed by atoms with Crippen molar-refractivity contribution in [2.75, 3.05) is 17.6 Å². The number of aliphatic hydroxyl groups is 1. The molecule has 0 aromatic heterocycles. The molecular weight excluding hydrogens is 242 g/mol. The Hall–Kier alpha value is -1.11. The first-order valence-corrected chi connectivity index (χ1v) is 6.84. The van der Waals surface area contributed by atoms with Crippen LogP contribution in [0.5, 0.6) is 0 Å². The second kappa shape index (κ2) is 5.48. The van der Waals surface area contributed by atoms with Crippen LogP contribution in [0.25, 0.3) is 0 Å². The Morgan fingerprint density at radius 1 is 1.29 bits per heavy atom. The van der Waals surface area contributed by atoms with Crippen LogP contribution < -0.4 is 5.32 Å². The third kappa shape index (κ3) is 4.72. The summed E-state index contributed by atoms with van der Waals surface area (Å²) in [5, 5.41) is 12.4. The molecule has 5 nitrogen and oxygen atoms in total. The average molecular weight is 259 g/mol. The van der Waals surface area contributed by atoms with Gasteiger partial charge in [-0.1, -0.05) is 18.2 Å². The van der Waals surface area contributed by atoms with Gasteiger partial charge in [-0.2, -0.15) is 8.42 Å². The molecule has 0 radical (unpaired) electrons. The highest BCUT2D eigenvalue weighted by atomic mass is 32.2. The van der Waals surface area contributed by atoms with Gasteiger partial charge in [-0.15, -0.1) is 0 Å². The van der Waals surface area contributed by atoms with E-state index in [1.165, 1.54) is 0 Å². The van der Waals surface area contributed by atoms with Crippen LogP contribution in [0.2, 0.25) is 0 Å². The van der Waals surface area contributed by atoms with E-state index in [0.29, 0.717) is 0 Å². The van der Waals surface area contributed by atoms with Crippen molar-refractivity contribution in [3.63, 3.8) is 0 Å². The van der Waals surface area contributed by atoms with E-state index in [0.717, 1.165) is 16.8 Å². The summed E-state index contributed by atoms with van der Waals surface area (Å²) in [5.41, 5.74) is 2.91. The summed E-state index contributed by atoms with van der Waals surface area (Å²) in [5.74, 6) is -0.662. The standard InChI is InChI=1S/C11H17NO4S/c1-8-4-3-5-9(2)11(8)12-6-10(13)7-17(14,15)16/h3-5,10,12-13H,6-7H2,1-2H3,(H,14,15,16). The first kappa shape index (κ1) is 14.0. The lowest BCUT2D eigenvalue weighted by molar-refractivity contribution is 0.208. The summed E-state index contributed by atoms with van der Waals surface area (Å²) in [6, 6.07) is 5.76. The Balaban J connectivity index is 2.62. The third-order valence-corrected chi connectivity index (χ3v) is 3.20. The molecule has 0 heterocycles. The fourth-order valence-electron chi connectivity index (χ4n) is 1.62. The van der Waals surface area contributed by atoms with E-state index in [4.69, 9.17) is 4.55 Å². The SMILES string of the molecule is Cc1cccc(C)c1NCC(O)CS(=O)(=O)O. The fraction of sp³-hybridized carbons (Fsp3) is 0.455. The van der Waals surface area contributed by atoms with Crippen LogP contribution in [0.15, 0.2) is 18.2 Å². The molecule has 0 saturated carbocycles. The zero-order chi connectivity index (χ0) is 13.1. The Bertz CT molecular complexity index is 464. The molecule has 0 amide bonds. The van der Waals surface area contributed by atoms with Gasteiger partial charge in [0, 0.05) is 12.2 Å². The lowest BCUT2D eigenvalue weighted by Gasteiger charge is -2.15. The van der Waals surface area contributed by atoms with Gasteiger partial charge in [-0.25, -0.2) is 0 Å². The largest absolute Gasteiger partial charge is 0.390 e. The predicted molar refractivity (Wildman–Crippen MR) is 66.8 cm³/mol. The summed E-state index contributed by atoms with van der Waals surface area (Å²) >= 11 is 0. The maximum atomic E-state index is 10.6. The molecular formula is C11H17NO4S. The Labute approximate surface area is 101 Å². The molecule has 0 aliphatic carbocycles. The monoisotopic (exact) mass is 259 g/mol. The van der Waals surface area contributed by atoms with Crippen LogP contribution in [-0.4, -0.2) is 36.5 Å². The summed E-state index contributed by atoms with van der Waals surface area (Å²) in [4.78, 5) is 0. The lowest BCUT2D eigenvalue weighted by Crippen LogP contribution is -2.28. The Morgan fingerprint density at radius 2 is 1.82 bits per heavy atom. The van der Waals surface area contributed by atoms with Crippen LogP contribution in [-0.2, 0) is 10.1 Å². The van der Waals surface area contributed by atoms with Crippen molar-refractivity contribution < 1.29 is 18.1 Å². The predicted octanol–water partition coefficient (Wildman–Crippen LogP) is 0.964. The average Bonchev–Trinajstić information content (AvgIpc) is 2.14. The number of aliphatic hydroxyl groups excluding tert-OH is 1. The Kier molecular flexibility index (Phi) is 4.50. The fourth-order valence-corrected chi connectivity index (χ4v) is 2.22. The molecule has 0 saturated heterocycles. The maximum absolute atomic E-state index is 10.6. The molecule has 1 aromatic carbocycles. The molecule has 1 aromatic rings. The van der Waals surface area contributed by atoms with Gasteiger partial charge in [0.2, 0.25) is 0 Å². The number of rotatable bonds is 5. The molecule has 1 unspecified atom stereocenters. The van der Waals surface area contributed by atoms with Crippen molar-refractivity contribution in [2.24, 2.45) is 0 Å². The smallest absolute Gasteiger partial charge is 0.267 e. The highest BCUT2D eigenvalue weighted by Crippen LogP contribution is 2.19. The number of hydrogen-bond donors (Lipinski definition) is 3. The van der Waals surface area contributed by atoms with E-state index in [-0.39, 0.29) is 6.54 Å². The molecule has 1 rings (SSSR count). The van der Waals surface area contributed by atoms with Gasteiger partial charge >= 0.3 is 0 Å². The van der Waals surface area contributed by atoms with Gasteiger partial charge in [0.1, 0.15) is 5.75 Å². The van der Waals surface area contributed by atoms with Crippen molar-refractivity contribution in [1.82, 2.24) is 0 Å². The lowest BCUT2D eigenvalue weighted by atomic mass is 10.1. The second-order valence-corrected chi connectivity index (χ2v) is 5.55. The quantitative estimate of drug-likeness (QED) is 0.686. The number of hydrogen-bond acceptors (Lipinski definition) is 4. The number of nitrogens with one attached hydrogen (secondary N) is 1. The number of para-hydroxylation sites is 1. The zero-order valence-electron chi connectivity index (χ0n) is 9.84. The van der Waals surface area contributed by atoms with E-state index in [9.17, 15) is 13.5 Å². The molecule has 96 valence electrons. The van der Waals surface area contributed by atoms with Gasteiger partial charge in [-0.05, 0) is 25.0 Å². The third-order valence-electron chi connectivity index (χ3n) is 2.40. The number of anilines is 1. The first-order valence-electron chi connectivity index (χ1n) is 5.23. The van der Waals surface area contributed by atoms with Crippen molar-refractivity contribution in [3.05, 3.63) is 29.3 Å². The highest BCUT2D eigenvalue weighted by Gasteiger charge is 2.14. The van der Waals surface area contributed by atoms with E-state index < -0.39 is 22.0 Å². The van der Waals surface area contributed by atoms with Gasteiger partial charge < -0.3 is 10.4 Å². The molecule has 0 aliphatic heterocycles. The molecule has 0 aliphatic rings. The minimum absolute atomic E-state index is 0.0749.